The van der Waals surface area contributed by atoms with E-state index in [0.717, 1.165) is 5.92 Å². The van der Waals surface area contributed by atoms with E-state index in [4.69, 9.17) is 0 Å². The number of hydrogen-bond acceptors (Lipinski definition) is 1. The van der Waals surface area contributed by atoms with Gasteiger partial charge >= 0.3 is 0 Å². The molecule has 12 heavy (non-hydrogen) atoms. The molecule has 3 fully saturated rings. The summed E-state index contributed by atoms with van der Waals surface area (Å²) in [5.74, 6) is 1.79. The van der Waals surface area contributed by atoms with Gasteiger partial charge in [0.1, 0.15) is 5.78 Å². The van der Waals surface area contributed by atoms with Crippen molar-refractivity contribution in [2.45, 2.75) is 39.5 Å². The van der Waals surface area contributed by atoms with Crippen LogP contribution in [0.25, 0.3) is 0 Å². The van der Waals surface area contributed by atoms with Crippen LogP contribution in [0.1, 0.15) is 39.5 Å². The van der Waals surface area contributed by atoms with Crippen LogP contribution in [0.4, 0.5) is 0 Å². The van der Waals surface area contributed by atoms with Gasteiger partial charge in [-0.25, -0.2) is 0 Å². The van der Waals surface area contributed by atoms with Crippen molar-refractivity contribution >= 4 is 5.78 Å². The van der Waals surface area contributed by atoms with Gasteiger partial charge in [0.25, 0.3) is 0 Å². The minimum Gasteiger partial charge on any atom is -0.299 e. The lowest BCUT2D eigenvalue weighted by Crippen LogP contribution is -2.30. The average Bonchev–Trinajstić information content (AvgIpc) is 2.60. The van der Waals surface area contributed by atoms with Gasteiger partial charge in [-0.1, -0.05) is 13.8 Å². The van der Waals surface area contributed by atoms with E-state index in [2.05, 4.69) is 13.8 Å². The Kier molecular flexibility index (Phi) is 0.971. The first-order valence-electron chi connectivity index (χ1n) is 5.13. The lowest BCUT2D eigenvalue weighted by atomic mass is 9.74. The molecule has 3 aliphatic rings. The fraction of sp³-hybridized carbons (Fsp3) is 0.909. The number of Topliss-reactive ketones (excluding diaryl/α,β-unsaturated/α-hetero) is 1. The molecular formula is C11H16O. The Morgan fingerprint density at radius 2 is 1.92 bits per heavy atom. The summed E-state index contributed by atoms with van der Waals surface area (Å²) in [5.41, 5.74) is 0.556. The highest BCUT2D eigenvalue weighted by molar-refractivity contribution is 5.91. The Labute approximate surface area is 73.5 Å². The lowest BCUT2D eigenvalue weighted by molar-refractivity contribution is -0.130. The first-order chi connectivity index (χ1) is 5.59. The van der Waals surface area contributed by atoms with E-state index >= 15 is 0 Å². The molecule has 1 heteroatoms. The summed E-state index contributed by atoms with van der Waals surface area (Å²) in [6.07, 6.45) is 5.21. The van der Waals surface area contributed by atoms with Crippen LogP contribution in [0.3, 0.4) is 0 Å². The van der Waals surface area contributed by atoms with E-state index in [9.17, 15) is 4.79 Å². The van der Waals surface area contributed by atoms with Crippen molar-refractivity contribution in [3.63, 3.8) is 0 Å². The van der Waals surface area contributed by atoms with Gasteiger partial charge in [-0.2, -0.15) is 0 Å². The van der Waals surface area contributed by atoms with Gasteiger partial charge in [0, 0.05) is 11.3 Å². The average molecular weight is 164 g/mol. The van der Waals surface area contributed by atoms with Crippen LogP contribution in [0.2, 0.25) is 0 Å². The third-order valence-electron chi connectivity index (χ3n) is 4.78. The zero-order valence-electron chi connectivity index (χ0n) is 7.89. The first kappa shape index (κ1) is 7.11. The second kappa shape index (κ2) is 1.64. The number of rotatable bonds is 0. The molecular weight excluding hydrogens is 148 g/mol. The molecule has 0 aromatic carbocycles. The Morgan fingerprint density at radius 3 is 2.25 bits per heavy atom. The fourth-order valence-electron chi connectivity index (χ4n) is 4.08. The molecule has 0 unspecified atom stereocenters. The van der Waals surface area contributed by atoms with Crippen LogP contribution in [0.5, 0.6) is 0 Å². The van der Waals surface area contributed by atoms with Crippen LogP contribution < -0.4 is 0 Å². The van der Waals surface area contributed by atoms with E-state index < -0.39 is 0 Å². The maximum atomic E-state index is 11.9. The van der Waals surface area contributed by atoms with E-state index in [1.54, 1.807) is 0 Å². The molecule has 0 aromatic heterocycles. The predicted octanol–water partition coefficient (Wildman–Crippen LogP) is 2.40. The quantitative estimate of drug-likeness (QED) is 0.537. The zero-order chi connectivity index (χ0) is 8.56. The molecule has 3 rings (SSSR count). The monoisotopic (exact) mass is 164 g/mol. The van der Waals surface area contributed by atoms with Crippen molar-refractivity contribution < 1.29 is 4.79 Å². The van der Waals surface area contributed by atoms with Gasteiger partial charge in [0.15, 0.2) is 0 Å². The lowest BCUT2D eigenvalue weighted by Gasteiger charge is -2.28. The third-order valence-corrected chi connectivity index (χ3v) is 4.78. The molecule has 3 aliphatic carbocycles. The third kappa shape index (κ3) is 0.512. The Bertz CT molecular complexity index is 260. The van der Waals surface area contributed by atoms with Crippen molar-refractivity contribution in [2.24, 2.45) is 22.7 Å². The second-order valence-electron chi connectivity index (χ2n) is 5.50. The Balaban J connectivity index is 2.12. The SMILES string of the molecule is CC1(C)C(=O)[C@@H]2CC[C@H]1C21CC1. The topological polar surface area (TPSA) is 17.1 Å². The molecule has 0 saturated heterocycles. The second-order valence-corrected chi connectivity index (χ2v) is 5.50. The Hall–Kier alpha value is -0.330. The van der Waals surface area contributed by atoms with Gasteiger partial charge in [-0.3, -0.25) is 4.79 Å². The largest absolute Gasteiger partial charge is 0.299 e. The molecule has 0 N–H and O–H groups in total. The molecule has 1 nitrogen and oxygen atoms in total. The highest BCUT2D eigenvalue weighted by Gasteiger charge is 2.71. The summed E-state index contributed by atoms with van der Waals surface area (Å²) in [6, 6.07) is 0. The molecule has 2 bridgehead atoms. The molecule has 2 atom stereocenters. The molecule has 1 spiro atoms. The van der Waals surface area contributed by atoms with Gasteiger partial charge < -0.3 is 0 Å². The number of carbonyl (C=O) groups is 1. The van der Waals surface area contributed by atoms with Crippen molar-refractivity contribution in [2.75, 3.05) is 0 Å². The van der Waals surface area contributed by atoms with Crippen molar-refractivity contribution in [3.8, 4) is 0 Å². The highest BCUT2D eigenvalue weighted by Crippen LogP contribution is 2.74. The smallest absolute Gasteiger partial charge is 0.142 e. The number of hydrogen-bond donors (Lipinski definition) is 0. The molecule has 0 heterocycles. The zero-order valence-corrected chi connectivity index (χ0v) is 7.89. The standard InChI is InChI=1S/C11H16O/c1-10(2)8-4-3-7(9(10)12)11(8)5-6-11/h7-8H,3-6H2,1-2H3/t7-,8+/m0/s1. The maximum Gasteiger partial charge on any atom is 0.142 e. The summed E-state index contributed by atoms with van der Waals surface area (Å²) >= 11 is 0. The minimum absolute atomic E-state index is 0.0272. The van der Waals surface area contributed by atoms with E-state index in [1.165, 1.54) is 25.7 Å². The van der Waals surface area contributed by atoms with Crippen LogP contribution >= 0.6 is 0 Å². The number of carbonyl (C=O) groups excluding carboxylic acids is 1. The Morgan fingerprint density at radius 1 is 1.25 bits per heavy atom. The van der Waals surface area contributed by atoms with Crippen LogP contribution in [-0.2, 0) is 4.79 Å². The van der Waals surface area contributed by atoms with Crippen molar-refractivity contribution in [1.29, 1.82) is 0 Å². The van der Waals surface area contributed by atoms with E-state index in [1.807, 2.05) is 0 Å². The van der Waals surface area contributed by atoms with Crippen LogP contribution in [0, 0.1) is 22.7 Å². The molecule has 0 aromatic rings. The van der Waals surface area contributed by atoms with Gasteiger partial charge in [-0.15, -0.1) is 0 Å². The fourth-order valence-corrected chi connectivity index (χ4v) is 4.08. The summed E-state index contributed by atoms with van der Waals surface area (Å²) in [5, 5.41) is 0. The molecule has 3 saturated carbocycles. The van der Waals surface area contributed by atoms with Crippen molar-refractivity contribution in [3.05, 3.63) is 0 Å². The summed E-state index contributed by atoms with van der Waals surface area (Å²) < 4.78 is 0. The maximum absolute atomic E-state index is 11.9. The molecule has 0 radical (unpaired) electrons. The van der Waals surface area contributed by atoms with E-state index in [0.29, 0.717) is 17.1 Å². The number of ketones is 1. The normalized spacial score (nSPS) is 45.7. The summed E-state index contributed by atoms with van der Waals surface area (Å²) in [6.45, 7) is 4.33. The van der Waals surface area contributed by atoms with Crippen molar-refractivity contribution in [1.82, 2.24) is 0 Å². The minimum atomic E-state index is 0.0272. The summed E-state index contributed by atoms with van der Waals surface area (Å²) in [7, 11) is 0. The van der Waals surface area contributed by atoms with Gasteiger partial charge in [0.05, 0.1) is 0 Å². The molecule has 0 aliphatic heterocycles. The molecule has 0 amide bonds. The highest BCUT2D eigenvalue weighted by atomic mass is 16.1. The van der Waals surface area contributed by atoms with Crippen LogP contribution in [-0.4, -0.2) is 5.78 Å². The molecule has 66 valence electrons. The van der Waals surface area contributed by atoms with Gasteiger partial charge in [-0.05, 0) is 37.0 Å². The predicted molar refractivity (Wildman–Crippen MR) is 46.7 cm³/mol. The van der Waals surface area contributed by atoms with Crippen LogP contribution in [0.15, 0.2) is 0 Å². The van der Waals surface area contributed by atoms with Gasteiger partial charge in [0.2, 0.25) is 0 Å². The first-order valence-corrected chi connectivity index (χ1v) is 5.13. The summed E-state index contributed by atoms with van der Waals surface area (Å²) in [4.78, 5) is 11.9. The van der Waals surface area contributed by atoms with E-state index in [-0.39, 0.29) is 5.41 Å².